The summed E-state index contributed by atoms with van der Waals surface area (Å²) in [5.74, 6) is 1.10. The Kier molecular flexibility index (Phi) is 6.08. The topological polar surface area (TPSA) is 57.5 Å². The van der Waals surface area contributed by atoms with Gasteiger partial charge in [0.2, 0.25) is 5.91 Å². The fraction of sp³-hybridized carbons (Fsp3) is 0.667. The largest absolute Gasteiger partial charge is 0.469 e. The highest BCUT2D eigenvalue weighted by molar-refractivity contribution is 5.78. The minimum Gasteiger partial charge on any atom is -0.469 e. The lowest BCUT2D eigenvalue weighted by Gasteiger charge is -2.20. The van der Waals surface area contributed by atoms with E-state index in [4.69, 9.17) is 4.42 Å². The second kappa shape index (κ2) is 8.07. The van der Waals surface area contributed by atoms with Crippen LogP contribution in [-0.4, -0.2) is 49.6 Å². The van der Waals surface area contributed by atoms with E-state index in [1.54, 1.807) is 6.26 Å². The molecule has 2 rings (SSSR count). The Balaban J connectivity index is 1.65. The number of carbonyl (C=O) groups is 1. The molecule has 1 aromatic heterocycles. The van der Waals surface area contributed by atoms with Crippen LogP contribution >= 0.6 is 0 Å². The Morgan fingerprint density at radius 2 is 2.40 bits per heavy atom. The Bertz CT molecular complexity index is 384. The molecule has 5 nitrogen and oxygen atoms in total. The number of carbonyl (C=O) groups excluding carboxylic acids is 1. The number of furan rings is 1. The molecule has 0 aromatic carbocycles. The van der Waals surface area contributed by atoms with Gasteiger partial charge < -0.3 is 15.1 Å². The van der Waals surface area contributed by atoms with Gasteiger partial charge in [0, 0.05) is 25.6 Å². The van der Waals surface area contributed by atoms with Crippen molar-refractivity contribution in [2.24, 2.45) is 0 Å². The molecule has 1 saturated heterocycles. The Labute approximate surface area is 120 Å². The van der Waals surface area contributed by atoms with Crippen LogP contribution in [0.5, 0.6) is 0 Å². The number of hydrogen-bond acceptors (Lipinski definition) is 4. The number of aryl methyl sites for hydroxylation is 1. The highest BCUT2D eigenvalue weighted by atomic mass is 16.3. The second-order valence-corrected chi connectivity index (χ2v) is 5.47. The molecular formula is C15H25N3O2. The third-order valence-corrected chi connectivity index (χ3v) is 3.61. The van der Waals surface area contributed by atoms with Crippen LogP contribution in [0.2, 0.25) is 0 Å². The lowest BCUT2D eigenvalue weighted by atomic mass is 10.1. The molecule has 1 aromatic rings. The van der Waals surface area contributed by atoms with Crippen LogP contribution in [0.15, 0.2) is 22.8 Å². The lowest BCUT2D eigenvalue weighted by Crippen LogP contribution is -2.42. The maximum atomic E-state index is 12.0. The van der Waals surface area contributed by atoms with Crippen LogP contribution in [0.25, 0.3) is 0 Å². The summed E-state index contributed by atoms with van der Waals surface area (Å²) < 4.78 is 5.30. The minimum absolute atomic E-state index is 0.124. The van der Waals surface area contributed by atoms with Gasteiger partial charge in [-0.1, -0.05) is 0 Å². The lowest BCUT2D eigenvalue weighted by molar-refractivity contribution is -0.122. The first-order valence-corrected chi connectivity index (χ1v) is 7.49. The summed E-state index contributed by atoms with van der Waals surface area (Å²) >= 11 is 0. The summed E-state index contributed by atoms with van der Waals surface area (Å²) in [4.78, 5) is 14.2. The molecule has 1 amide bonds. The molecule has 0 spiro atoms. The van der Waals surface area contributed by atoms with E-state index in [-0.39, 0.29) is 11.9 Å². The van der Waals surface area contributed by atoms with E-state index in [1.165, 1.54) is 0 Å². The van der Waals surface area contributed by atoms with Crippen LogP contribution < -0.4 is 10.6 Å². The molecule has 1 atom stereocenters. The molecule has 1 aliphatic rings. The van der Waals surface area contributed by atoms with E-state index in [9.17, 15) is 4.79 Å². The fourth-order valence-electron chi connectivity index (χ4n) is 2.47. The van der Waals surface area contributed by atoms with Gasteiger partial charge in [-0.15, -0.1) is 0 Å². The zero-order valence-corrected chi connectivity index (χ0v) is 12.2. The minimum atomic E-state index is 0.124. The standard InChI is InChI=1S/C15H25N3O2/c1-13(5-6-14-4-2-11-20-14)17-15(19)12-18-9-3-7-16-8-10-18/h2,4,11,13,16H,3,5-10,12H2,1H3,(H,17,19). The fourth-order valence-corrected chi connectivity index (χ4v) is 2.47. The highest BCUT2D eigenvalue weighted by Gasteiger charge is 2.14. The second-order valence-electron chi connectivity index (χ2n) is 5.47. The Hall–Kier alpha value is -1.33. The predicted octanol–water partition coefficient (Wildman–Crippen LogP) is 1.01. The van der Waals surface area contributed by atoms with Crippen LogP contribution in [-0.2, 0) is 11.2 Å². The summed E-state index contributed by atoms with van der Waals surface area (Å²) in [5, 5.41) is 6.41. The highest BCUT2D eigenvalue weighted by Crippen LogP contribution is 2.05. The van der Waals surface area contributed by atoms with Crippen molar-refractivity contribution in [2.45, 2.75) is 32.2 Å². The van der Waals surface area contributed by atoms with Crippen molar-refractivity contribution in [3.05, 3.63) is 24.2 Å². The third-order valence-electron chi connectivity index (χ3n) is 3.61. The van der Waals surface area contributed by atoms with Gasteiger partial charge >= 0.3 is 0 Å². The zero-order valence-electron chi connectivity index (χ0n) is 12.2. The quantitative estimate of drug-likeness (QED) is 0.816. The van der Waals surface area contributed by atoms with E-state index >= 15 is 0 Å². The normalized spacial score (nSPS) is 18.4. The van der Waals surface area contributed by atoms with Crippen LogP contribution in [0.4, 0.5) is 0 Å². The smallest absolute Gasteiger partial charge is 0.234 e. The van der Waals surface area contributed by atoms with E-state index in [0.717, 1.165) is 51.2 Å². The van der Waals surface area contributed by atoms with E-state index in [0.29, 0.717) is 6.54 Å². The van der Waals surface area contributed by atoms with Crippen molar-refractivity contribution in [3.63, 3.8) is 0 Å². The molecule has 5 heteroatoms. The number of nitrogens with one attached hydrogen (secondary N) is 2. The van der Waals surface area contributed by atoms with Gasteiger partial charge in [0.15, 0.2) is 0 Å². The van der Waals surface area contributed by atoms with Gasteiger partial charge in [0.05, 0.1) is 12.8 Å². The summed E-state index contributed by atoms with van der Waals surface area (Å²) in [6, 6.07) is 4.04. The van der Waals surface area contributed by atoms with Crippen LogP contribution in [0, 0.1) is 0 Å². The zero-order chi connectivity index (χ0) is 14.2. The molecule has 1 fully saturated rings. The molecule has 0 bridgehead atoms. The first-order chi connectivity index (χ1) is 9.74. The summed E-state index contributed by atoms with van der Waals surface area (Å²) in [6.45, 7) is 6.53. The van der Waals surface area contributed by atoms with Gasteiger partial charge in [0.25, 0.3) is 0 Å². The average Bonchev–Trinajstić information content (AvgIpc) is 2.81. The van der Waals surface area contributed by atoms with Crippen molar-refractivity contribution < 1.29 is 9.21 Å². The summed E-state index contributed by atoms with van der Waals surface area (Å²) in [6.07, 6.45) is 4.57. The maximum Gasteiger partial charge on any atom is 0.234 e. The summed E-state index contributed by atoms with van der Waals surface area (Å²) in [7, 11) is 0. The average molecular weight is 279 g/mol. The third kappa shape index (κ3) is 5.35. The molecule has 2 heterocycles. The molecular weight excluding hydrogens is 254 g/mol. The van der Waals surface area contributed by atoms with Crippen molar-refractivity contribution in [1.82, 2.24) is 15.5 Å². The molecule has 2 N–H and O–H groups in total. The number of amides is 1. The van der Waals surface area contributed by atoms with Gasteiger partial charge in [-0.3, -0.25) is 9.69 Å². The van der Waals surface area contributed by atoms with Gasteiger partial charge in [-0.05, 0) is 45.0 Å². The number of hydrogen-bond donors (Lipinski definition) is 2. The van der Waals surface area contributed by atoms with Crippen LogP contribution in [0.3, 0.4) is 0 Å². The van der Waals surface area contributed by atoms with Gasteiger partial charge in [-0.2, -0.15) is 0 Å². The maximum absolute atomic E-state index is 12.0. The molecule has 0 radical (unpaired) electrons. The number of rotatable bonds is 6. The van der Waals surface area contributed by atoms with Gasteiger partial charge in [-0.25, -0.2) is 0 Å². The molecule has 1 aliphatic heterocycles. The monoisotopic (exact) mass is 279 g/mol. The SMILES string of the molecule is CC(CCc1ccco1)NC(=O)CN1CCCNCC1. The first-order valence-electron chi connectivity index (χ1n) is 7.49. The van der Waals surface area contributed by atoms with E-state index in [1.807, 2.05) is 19.1 Å². The van der Waals surface area contributed by atoms with Crippen molar-refractivity contribution in [2.75, 3.05) is 32.7 Å². The van der Waals surface area contributed by atoms with Crippen molar-refractivity contribution in [1.29, 1.82) is 0 Å². The molecule has 1 unspecified atom stereocenters. The molecule has 0 aliphatic carbocycles. The Morgan fingerprint density at radius 1 is 1.50 bits per heavy atom. The first kappa shape index (κ1) is 15.1. The predicted molar refractivity (Wildman–Crippen MR) is 78.6 cm³/mol. The van der Waals surface area contributed by atoms with Crippen molar-refractivity contribution in [3.8, 4) is 0 Å². The van der Waals surface area contributed by atoms with Gasteiger partial charge in [0.1, 0.15) is 5.76 Å². The van der Waals surface area contributed by atoms with E-state index < -0.39 is 0 Å². The van der Waals surface area contributed by atoms with Crippen molar-refractivity contribution >= 4 is 5.91 Å². The molecule has 0 saturated carbocycles. The van der Waals surface area contributed by atoms with Crippen LogP contribution in [0.1, 0.15) is 25.5 Å². The summed E-state index contributed by atoms with van der Waals surface area (Å²) in [5.41, 5.74) is 0. The number of nitrogens with zero attached hydrogens (tertiary/aromatic N) is 1. The Morgan fingerprint density at radius 3 is 3.20 bits per heavy atom. The van der Waals surface area contributed by atoms with E-state index in [2.05, 4.69) is 15.5 Å². The molecule has 112 valence electrons. The molecule has 20 heavy (non-hydrogen) atoms.